The average molecular weight is 178 g/mol. The predicted molar refractivity (Wildman–Crippen MR) is 50.2 cm³/mol. The summed E-state index contributed by atoms with van der Waals surface area (Å²) in [5, 5.41) is 4.28. The van der Waals surface area contributed by atoms with Crippen LogP contribution in [0.3, 0.4) is 0 Å². The molecule has 69 valence electrons. The summed E-state index contributed by atoms with van der Waals surface area (Å²) in [4.78, 5) is 0. The van der Waals surface area contributed by atoms with Crippen molar-refractivity contribution in [2.75, 3.05) is 13.1 Å². The molecule has 0 spiro atoms. The molecule has 2 heteroatoms. The van der Waals surface area contributed by atoms with E-state index in [4.69, 9.17) is 0 Å². The molecular formula is C11H13FN. The fourth-order valence-corrected chi connectivity index (χ4v) is 1.84. The summed E-state index contributed by atoms with van der Waals surface area (Å²) < 4.78 is 12.9. The SMILES string of the molecule is Fc1cccc(C2CC[N]CC2)c1. The highest BCUT2D eigenvalue weighted by Crippen LogP contribution is 2.25. The van der Waals surface area contributed by atoms with Crippen LogP contribution in [0.15, 0.2) is 24.3 Å². The Balaban J connectivity index is 2.14. The van der Waals surface area contributed by atoms with Crippen molar-refractivity contribution in [3.05, 3.63) is 35.6 Å². The molecule has 1 heterocycles. The molecule has 1 saturated heterocycles. The van der Waals surface area contributed by atoms with Crippen molar-refractivity contribution in [2.24, 2.45) is 0 Å². The van der Waals surface area contributed by atoms with E-state index in [0.29, 0.717) is 5.92 Å². The fourth-order valence-electron chi connectivity index (χ4n) is 1.84. The monoisotopic (exact) mass is 178 g/mol. The van der Waals surface area contributed by atoms with Crippen molar-refractivity contribution in [3.8, 4) is 0 Å². The maximum Gasteiger partial charge on any atom is 0.123 e. The number of halogens is 1. The van der Waals surface area contributed by atoms with E-state index in [1.165, 1.54) is 6.07 Å². The Morgan fingerprint density at radius 3 is 2.69 bits per heavy atom. The average Bonchev–Trinajstić information content (AvgIpc) is 2.19. The summed E-state index contributed by atoms with van der Waals surface area (Å²) in [5.74, 6) is 0.396. The standard InChI is InChI=1S/C11H13FN/c12-11-3-1-2-10(8-11)9-4-6-13-7-5-9/h1-3,8-9H,4-7H2. The van der Waals surface area contributed by atoms with Crippen LogP contribution in [0.2, 0.25) is 0 Å². The first-order chi connectivity index (χ1) is 6.36. The van der Waals surface area contributed by atoms with Crippen molar-refractivity contribution >= 4 is 0 Å². The van der Waals surface area contributed by atoms with Gasteiger partial charge < -0.3 is 0 Å². The summed E-state index contributed by atoms with van der Waals surface area (Å²) in [7, 11) is 0. The quantitative estimate of drug-likeness (QED) is 0.626. The first-order valence-corrected chi connectivity index (χ1v) is 4.75. The summed E-state index contributed by atoms with van der Waals surface area (Å²) in [6.07, 6.45) is 2.15. The topological polar surface area (TPSA) is 14.1 Å². The van der Waals surface area contributed by atoms with Gasteiger partial charge >= 0.3 is 0 Å². The molecule has 0 aliphatic carbocycles. The number of rotatable bonds is 1. The van der Waals surface area contributed by atoms with Gasteiger partial charge in [0.25, 0.3) is 0 Å². The minimum Gasteiger partial charge on any atom is -0.242 e. The van der Waals surface area contributed by atoms with E-state index in [9.17, 15) is 4.39 Å². The van der Waals surface area contributed by atoms with Crippen molar-refractivity contribution in [1.29, 1.82) is 0 Å². The van der Waals surface area contributed by atoms with Gasteiger partial charge in [-0.15, -0.1) is 0 Å². The van der Waals surface area contributed by atoms with E-state index in [1.807, 2.05) is 6.07 Å². The molecular weight excluding hydrogens is 165 g/mol. The molecule has 1 aliphatic heterocycles. The Labute approximate surface area is 78.0 Å². The molecule has 0 N–H and O–H groups in total. The molecule has 2 rings (SSSR count). The molecule has 1 nitrogen and oxygen atoms in total. The molecule has 13 heavy (non-hydrogen) atoms. The zero-order valence-electron chi connectivity index (χ0n) is 7.54. The van der Waals surface area contributed by atoms with E-state index in [1.54, 1.807) is 12.1 Å². The third-order valence-electron chi connectivity index (χ3n) is 2.59. The number of benzene rings is 1. The van der Waals surface area contributed by atoms with Crippen LogP contribution in [0.25, 0.3) is 0 Å². The molecule has 1 aliphatic rings. The van der Waals surface area contributed by atoms with E-state index >= 15 is 0 Å². The van der Waals surface area contributed by atoms with Crippen LogP contribution in [0, 0.1) is 5.82 Å². The van der Waals surface area contributed by atoms with Crippen LogP contribution >= 0.6 is 0 Å². The predicted octanol–water partition coefficient (Wildman–Crippen LogP) is 2.31. The molecule has 1 fully saturated rings. The van der Waals surface area contributed by atoms with E-state index in [0.717, 1.165) is 31.5 Å². The molecule has 0 saturated carbocycles. The Hall–Kier alpha value is -0.890. The van der Waals surface area contributed by atoms with E-state index < -0.39 is 0 Å². The molecule has 0 amide bonds. The Bertz CT molecular complexity index is 279. The lowest BCUT2D eigenvalue weighted by atomic mass is 9.90. The zero-order valence-corrected chi connectivity index (χ0v) is 7.54. The minimum atomic E-state index is -0.125. The van der Waals surface area contributed by atoms with Gasteiger partial charge in [-0.3, -0.25) is 0 Å². The van der Waals surface area contributed by atoms with Crippen LogP contribution in [0.4, 0.5) is 4.39 Å². The first-order valence-electron chi connectivity index (χ1n) is 4.75. The second-order valence-electron chi connectivity index (χ2n) is 3.50. The number of hydrogen-bond acceptors (Lipinski definition) is 0. The normalized spacial score (nSPS) is 18.8. The van der Waals surface area contributed by atoms with Gasteiger partial charge in [-0.2, -0.15) is 0 Å². The van der Waals surface area contributed by atoms with Gasteiger partial charge in [-0.25, -0.2) is 9.71 Å². The van der Waals surface area contributed by atoms with Crippen LogP contribution in [-0.2, 0) is 0 Å². The van der Waals surface area contributed by atoms with Gasteiger partial charge in [-0.05, 0) is 36.5 Å². The maximum absolute atomic E-state index is 12.9. The van der Waals surface area contributed by atoms with Crippen molar-refractivity contribution < 1.29 is 4.39 Å². The Morgan fingerprint density at radius 1 is 1.23 bits per heavy atom. The number of nitrogens with zero attached hydrogens (tertiary/aromatic N) is 1. The van der Waals surface area contributed by atoms with Gasteiger partial charge in [0.15, 0.2) is 0 Å². The van der Waals surface area contributed by atoms with Crippen LogP contribution in [0.5, 0.6) is 0 Å². The lowest BCUT2D eigenvalue weighted by Crippen LogP contribution is -2.20. The zero-order chi connectivity index (χ0) is 9.10. The second-order valence-corrected chi connectivity index (χ2v) is 3.50. The maximum atomic E-state index is 12.9. The molecule has 0 aromatic heterocycles. The van der Waals surface area contributed by atoms with Crippen LogP contribution < -0.4 is 5.32 Å². The molecule has 0 unspecified atom stereocenters. The fraction of sp³-hybridized carbons (Fsp3) is 0.455. The summed E-state index contributed by atoms with van der Waals surface area (Å²) in [6, 6.07) is 6.95. The summed E-state index contributed by atoms with van der Waals surface area (Å²) in [5.41, 5.74) is 1.13. The van der Waals surface area contributed by atoms with Gasteiger partial charge in [0.05, 0.1) is 0 Å². The van der Waals surface area contributed by atoms with E-state index in [-0.39, 0.29) is 5.82 Å². The van der Waals surface area contributed by atoms with E-state index in [2.05, 4.69) is 5.32 Å². The number of hydrogen-bond donors (Lipinski definition) is 0. The Morgan fingerprint density at radius 2 is 2.00 bits per heavy atom. The molecule has 1 aromatic rings. The third kappa shape index (κ3) is 2.07. The van der Waals surface area contributed by atoms with Gasteiger partial charge in [0.2, 0.25) is 0 Å². The highest BCUT2D eigenvalue weighted by Gasteiger charge is 2.15. The molecule has 1 radical (unpaired) electrons. The third-order valence-corrected chi connectivity index (χ3v) is 2.59. The molecule has 1 aromatic carbocycles. The smallest absolute Gasteiger partial charge is 0.123 e. The van der Waals surface area contributed by atoms with Crippen LogP contribution in [0.1, 0.15) is 24.3 Å². The largest absolute Gasteiger partial charge is 0.242 e. The number of piperidine rings is 1. The highest BCUT2D eigenvalue weighted by atomic mass is 19.1. The van der Waals surface area contributed by atoms with Crippen molar-refractivity contribution in [1.82, 2.24) is 5.32 Å². The second kappa shape index (κ2) is 3.88. The van der Waals surface area contributed by atoms with Gasteiger partial charge in [0, 0.05) is 13.1 Å². The Kier molecular flexibility index (Phi) is 2.60. The van der Waals surface area contributed by atoms with Gasteiger partial charge in [0.1, 0.15) is 5.82 Å². The molecule has 0 atom stereocenters. The van der Waals surface area contributed by atoms with Crippen molar-refractivity contribution in [2.45, 2.75) is 18.8 Å². The summed E-state index contributed by atoms with van der Waals surface area (Å²) in [6.45, 7) is 1.86. The van der Waals surface area contributed by atoms with Crippen LogP contribution in [-0.4, -0.2) is 13.1 Å². The van der Waals surface area contributed by atoms with Crippen molar-refractivity contribution in [3.63, 3.8) is 0 Å². The lowest BCUT2D eigenvalue weighted by Gasteiger charge is -2.21. The van der Waals surface area contributed by atoms with Gasteiger partial charge in [-0.1, -0.05) is 12.1 Å². The summed E-state index contributed by atoms with van der Waals surface area (Å²) >= 11 is 0. The molecule has 0 bridgehead atoms. The minimum absolute atomic E-state index is 0.125. The first kappa shape index (κ1) is 8.70. The lowest BCUT2D eigenvalue weighted by molar-refractivity contribution is 0.452. The highest BCUT2D eigenvalue weighted by molar-refractivity contribution is 5.21.